The van der Waals surface area contributed by atoms with E-state index in [2.05, 4.69) is 10.2 Å². The molecule has 0 atom stereocenters. The van der Waals surface area contributed by atoms with Crippen molar-refractivity contribution in [2.24, 2.45) is 0 Å². The zero-order valence-corrected chi connectivity index (χ0v) is 17.1. The van der Waals surface area contributed by atoms with E-state index in [9.17, 15) is 18.0 Å². The van der Waals surface area contributed by atoms with Crippen molar-refractivity contribution in [2.45, 2.75) is 24.9 Å². The van der Waals surface area contributed by atoms with Crippen LogP contribution in [-0.2, 0) is 6.18 Å². The number of carbonyl (C=O) groups excluding carboxylic acids is 1. The topological polar surface area (TPSA) is 71.2 Å². The van der Waals surface area contributed by atoms with Gasteiger partial charge in [0.1, 0.15) is 9.71 Å². The predicted molar refractivity (Wildman–Crippen MR) is 113 cm³/mol. The minimum absolute atomic E-state index is 0.00927. The van der Waals surface area contributed by atoms with Crippen molar-refractivity contribution < 1.29 is 18.0 Å². The van der Waals surface area contributed by atoms with E-state index in [1.807, 2.05) is 6.07 Å². The zero-order chi connectivity index (χ0) is 21.2. The summed E-state index contributed by atoms with van der Waals surface area (Å²) in [6.07, 6.45) is -2.48. The van der Waals surface area contributed by atoms with E-state index in [4.69, 9.17) is 22.3 Å². The number of hydrogen-bond acceptors (Lipinski definition) is 5. The summed E-state index contributed by atoms with van der Waals surface area (Å²) in [5.41, 5.74) is 7.61. The number of fused-ring (bicyclic) bond motifs is 3. The van der Waals surface area contributed by atoms with E-state index in [1.54, 1.807) is 0 Å². The molecule has 30 heavy (non-hydrogen) atoms. The number of rotatable bonds is 2. The van der Waals surface area contributed by atoms with Crippen LogP contribution in [0.4, 0.5) is 30.2 Å². The molecule has 1 amide bonds. The van der Waals surface area contributed by atoms with Gasteiger partial charge in [0.25, 0.3) is 5.91 Å². The van der Waals surface area contributed by atoms with Gasteiger partial charge in [-0.2, -0.15) is 13.2 Å². The van der Waals surface area contributed by atoms with Gasteiger partial charge in [-0.25, -0.2) is 4.98 Å². The lowest BCUT2D eigenvalue weighted by Gasteiger charge is -2.41. The van der Waals surface area contributed by atoms with E-state index >= 15 is 0 Å². The van der Waals surface area contributed by atoms with Gasteiger partial charge >= 0.3 is 6.18 Å². The largest absolute Gasteiger partial charge is 0.417 e. The molecule has 2 aromatic heterocycles. The number of piperidine rings is 1. The monoisotopic (exact) mass is 452 g/mol. The van der Waals surface area contributed by atoms with Crippen molar-refractivity contribution in [3.8, 4) is 0 Å². The maximum absolute atomic E-state index is 13.1. The summed E-state index contributed by atoms with van der Waals surface area (Å²) in [4.78, 5) is 20.7. The van der Waals surface area contributed by atoms with Crippen LogP contribution in [0, 0.1) is 0 Å². The average molecular weight is 453 g/mol. The molecule has 5 nitrogen and oxygen atoms in total. The van der Waals surface area contributed by atoms with Gasteiger partial charge in [-0.15, -0.1) is 11.3 Å². The SMILES string of the molecule is Nc1c(C(=O)Nc2ccc(Cl)c(C(F)(F)F)c2)sc2nc3c(cc12)N1CCC3CC1. The van der Waals surface area contributed by atoms with Gasteiger partial charge in [-0.1, -0.05) is 11.6 Å². The van der Waals surface area contributed by atoms with E-state index < -0.39 is 22.7 Å². The molecule has 2 bridgehead atoms. The van der Waals surface area contributed by atoms with Crippen LogP contribution in [-0.4, -0.2) is 24.0 Å². The summed E-state index contributed by atoms with van der Waals surface area (Å²) < 4.78 is 39.2. The molecule has 0 aliphatic carbocycles. The number of thiophene rings is 1. The van der Waals surface area contributed by atoms with Crippen molar-refractivity contribution in [1.29, 1.82) is 0 Å². The Morgan fingerprint density at radius 1 is 1.27 bits per heavy atom. The third kappa shape index (κ3) is 3.07. The molecule has 6 rings (SSSR count). The Hall–Kier alpha value is -2.52. The fourth-order valence-corrected chi connectivity index (χ4v) is 5.37. The number of benzene rings is 1. The van der Waals surface area contributed by atoms with Crippen molar-refractivity contribution in [3.63, 3.8) is 0 Å². The van der Waals surface area contributed by atoms with Crippen LogP contribution in [0.15, 0.2) is 24.3 Å². The fraction of sp³-hybridized carbons (Fsp3) is 0.300. The van der Waals surface area contributed by atoms with Crippen LogP contribution in [0.25, 0.3) is 10.2 Å². The number of nitrogens with one attached hydrogen (secondary N) is 1. The number of nitrogens with zero attached hydrogens (tertiary/aromatic N) is 2. The molecule has 3 aliphatic heterocycles. The summed E-state index contributed by atoms with van der Waals surface area (Å²) in [6.45, 7) is 1.97. The highest BCUT2D eigenvalue weighted by Gasteiger charge is 2.34. The summed E-state index contributed by atoms with van der Waals surface area (Å²) >= 11 is 6.79. The normalized spacial score (nSPS) is 16.2. The van der Waals surface area contributed by atoms with Crippen LogP contribution in [0.5, 0.6) is 0 Å². The van der Waals surface area contributed by atoms with Gasteiger partial charge < -0.3 is 16.0 Å². The van der Waals surface area contributed by atoms with Gasteiger partial charge in [-0.3, -0.25) is 4.79 Å². The molecule has 156 valence electrons. The van der Waals surface area contributed by atoms with E-state index in [0.29, 0.717) is 16.1 Å². The Morgan fingerprint density at radius 2 is 2.00 bits per heavy atom. The first kappa shape index (κ1) is 19.4. The quantitative estimate of drug-likeness (QED) is 0.538. The summed E-state index contributed by atoms with van der Waals surface area (Å²) in [5, 5.41) is 2.76. The zero-order valence-electron chi connectivity index (χ0n) is 15.5. The lowest BCUT2D eigenvalue weighted by molar-refractivity contribution is -0.137. The van der Waals surface area contributed by atoms with Crippen molar-refractivity contribution in [3.05, 3.63) is 45.4 Å². The first-order chi connectivity index (χ1) is 14.2. The predicted octanol–water partition coefficient (Wildman–Crippen LogP) is 5.50. The highest BCUT2D eigenvalue weighted by Crippen LogP contribution is 2.45. The number of carbonyl (C=O) groups is 1. The third-order valence-electron chi connectivity index (χ3n) is 5.69. The standard InChI is InChI=1S/C20H16ClF3N4OS/c21-13-2-1-10(7-12(13)20(22,23)24)26-18(29)17-15(25)11-8-14-16(27-19(11)30-17)9-3-5-28(14)6-4-9/h1-2,7-9H,3-6,25H2,(H,26,29). The molecule has 0 radical (unpaired) electrons. The van der Waals surface area contributed by atoms with Gasteiger partial charge in [-0.05, 0) is 37.1 Å². The second-order valence-electron chi connectivity index (χ2n) is 7.50. The Kier molecular flexibility index (Phi) is 4.37. The maximum atomic E-state index is 13.1. The summed E-state index contributed by atoms with van der Waals surface area (Å²) in [7, 11) is 0. The number of aromatic nitrogens is 1. The number of nitrogen functional groups attached to an aromatic ring is 1. The number of pyridine rings is 1. The van der Waals surface area contributed by atoms with E-state index in [-0.39, 0.29) is 16.3 Å². The third-order valence-corrected chi connectivity index (χ3v) is 7.13. The highest BCUT2D eigenvalue weighted by atomic mass is 35.5. The van der Waals surface area contributed by atoms with E-state index in [0.717, 1.165) is 60.8 Å². The Balaban J connectivity index is 1.50. The maximum Gasteiger partial charge on any atom is 0.417 e. The Morgan fingerprint density at radius 3 is 2.70 bits per heavy atom. The second kappa shape index (κ2) is 6.75. The fourth-order valence-electron chi connectivity index (χ4n) is 4.17. The molecule has 10 heteroatoms. The molecule has 3 aliphatic rings. The number of halogens is 4. The molecule has 3 aromatic rings. The second-order valence-corrected chi connectivity index (χ2v) is 8.90. The lowest BCUT2D eigenvalue weighted by atomic mass is 9.86. The molecule has 1 saturated heterocycles. The van der Waals surface area contributed by atoms with Crippen molar-refractivity contribution >= 4 is 56.1 Å². The Bertz CT molecular complexity index is 1180. The highest BCUT2D eigenvalue weighted by molar-refractivity contribution is 7.21. The van der Waals surface area contributed by atoms with E-state index in [1.165, 1.54) is 6.07 Å². The first-order valence-electron chi connectivity index (χ1n) is 9.38. The summed E-state index contributed by atoms with van der Waals surface area (Å²) in [5.74, 6) is -0.156. The van der Waals surface area contributed by atoms with Crippen LogP contribution < -0.4 is 16.0 Å². The smallest absolute Gasteiger partial charge is 0.397 e. The average Bonchev–Trinajstić information content (AvgIpc) is 3.04. The van der Waals surface area contributed by atoms with Gasteiger partial charge in [0.2, 0.25) is 0 Å². The number of hydrogen-bond donors (Lipinski definition) is 2. The molecule has 5 heterocycles. The number of nitrogens with two attached hydrogens (primary N) is 1. The molecule has 0 unspecified atom stereocenters. The minimum atomic E-state index is -4.62. The number of anilines is 3. The van der Waals surface area contributed by atoms with Crippen LogP contribution >= 0.6 is 22.9 Å². The Labute approximate surface area is 178 Å². The minimum Gasteiger partial charge on any atom is -0.397 e. The number of alkyl halides is 3. The van der Waals surface area contributed by atoms with Crippen LogP contribution in [0.2, 0.25) is 5.02 Å². The molecule has 0 spiro atoms. The molecule has 3 N–H and O–H groups in total. The van der Waals surface area contributed by atoms with Crippen LogP contribution in [0.3, 0.4) is 0 Å². The molecular weight excluding hydrogens is 437 g/mol. The van der Waals surface area contributed by atoms with Crippen molar-refractivity contribution in [2.75, 3.05) is 29.0 Å². The summed E-state index contributed by atoms with van der Waals surface area (Å²) in [6, 6.07) is 5.22. The molecule has 1 fully saturated rings. The van der Waals surface area contributed by atoms with Gasteiger partial charge in [0, 0.05) is 30.1 Å². The van der Waals surface area contributed by atoms with Crippen LogP contribution in [0.1, 0.15) is 39.7 Å². The molecular formula is C20H16ClF3N4OS. The first-order valence-corrected chi connectivity index (χ1v) is 10.6. The van der Waals surface area contributed by atoms with Gasteiger partial charge in [0.05, 0.1) is 27.7 Å². The molecule has 1 aromatic carbocycles. The lowest BCUT2D eigenvalue weighted by Crippen LogP contribution is -2.39. The van der Waals surface area contributed by atoms with Crippen molar-refractivity contribution in [1.82, 2.24) is 4.98 Å². The van der Waals surface area contributed by atoms with Gasteiger partial charge in [0.15, 0.2) is 0 Å². The number of amides is 1. The molecule has 0 saturated carbocycles.